The molecule has 0 atom stereocenters. The standard InChI is InChI=1S/C14H17NO3/c1-3-17-13-7-5-4-6-12(13)15-10(2)11-8-9-18-14(11)16/h4-7,15H,3,8-9H2,1-2H3. The van der Waals surface area contributed by atoms with Gasteiger partial charge in [0, 0.05) is 12.1 Å². The van der Waals surface area contributed by atoms with Crippen LogP contribution in [-0.2, 0) is 9.53 Å². The third kappa shape index (κ3) is 2.64. The number of rotatable bonds is 4. The summed E-state index contributed by atoms with van der Waals surface area (Å²) in [5.41, 5.74) is 2.40. The van der Waals surface area contributed by atoms with E-state index in [1.54, 1.807) is 0 Å². The Morgan fingerprint density at radius 1 is 1.44 bits per heavy atom. The van der Waals surface area contributed by atoms with E-state index in [0.29, 0.717) is 25.2 Å². The Kier molecular flexibility index (Phi) is 3.87. The van der Waals surface area contributed by atoms with Crippen LogP contribution in [0.1, 0.15) is 20.3 Å². The van der Waals surface area contributed by atoms with Gasteiger partial charge in [0.1, 0.15) is 5.75 Å². The van der Waals surface area contributed by atoms with Gasteiger partial charge in [-0.15, -0.1) is 0 Å². The summed E-state index contributed by atoms with van der Waals surface area (Å²) in [5, 5.41) is 3.22. The van der Waals surface area contributed by atoms with Crippen molar-refractivity contribution in [3.63, 3.8) is 0 Å². The number of ether oxygens (including phenoxy) is 2. The second kappa shape index (κ2) is 5.58. The van der Waals surface area contributed by atoms with Crippen LogP contribution in [0.5, 0.6) is 5.75 Å². The number of para-hydroxylation sites is 2. The zero-order valence-electron chi connectivity index (χ0n) is 10.7. The fourth-order valence-electron chi connectivity index (χ4n) is 1.90. The molecule has 0 spiro atoms. The second-order valence-electron chi connectivity index (χ2n) is 4.04. The fraction of sp³-hybridized carbons (Fsp3) is 0.357. The first kappa shape index (κ1) is 12.5. The molecule has 1 aromatic rings. The van der Waals surface area contributed by atoms with E-state index in [1.807, 2.05) is 38.1 Å². The van der Waals surface area contributed by atoms with Crippen molar-refractivity contribution >= 4 is 11.7 Å². The molecule has 1 N–H and O–H groups in total. The number of allylic oxidation sites excluding steroid dienone is 1. The van der Waals surface area contributed by atoms with Gasteiger partial charge >= 0.3 is 5.97 Å². The maximum absolute atomic E-state index is 11.5. The third-order valence-corrected chi connectivity index (χ3v) is 2.79. The lowest BCUT2D eigenvalue weighted by molar-refractivity contribution is -0.135. The van der Waals surface area contributed by atoms with Crippen molar-refractivity contribution in [2.75, 3.05) is 18.5 Å². The zero-order valence-corrected chi connectivity index (χ0v) is 10.7. The molecule has 1 fully saturated rings. The van der Waals surface area contributed by atoms with Gasteiger partial charge in [0.15, 0.2) is 0 Å². The van der Waals surface area contributed by atoms with Crippen LogP contribution in [0.3, 0.4) is 0 Å². The maximum atomic E-state index is 11.5. The molecule has 0 aromatic heterocycles. The molecule has 0 amide bonds. The first-order valence-electron chi connectivity index (χ1n) is 6.08. The molecule has 1 heterocycles. The Morgan fingerprint density at radius 3 is 2.89 bits per heavy atom. The SMILES string of the molecule is CCOc1ccccc1NC(C)=C1CCOC1=O. The van der Waals surface area contributed by atoms with Gasteiger partial charge in [-0.3, -0.25) is 0 Å². The molecular weight excluding hydrogens is 230 g/mol. The number of hydrogen-bond donors (Lipinski definition) is 1. The number of carbonyl (C=O) groups is 1. The van der Waals surface area contributed by atoms with Crippen molar-refractivity contribution in [1.29, 1.82) is 0 Å². The average molecular weight is 247 g/mol. The summed E-state index contributed by atoms with van der Waals surface area (Å²) >= 11 is 0. The summed E-state index contributed by atoms with van der Waals surface area (Å²) in [6.07, 6.45) is 0.661. The van der Waals surface area contributed by atoms with E-state index in [2.05, 4.69) is 5.32 Å². The molecule has 2 rings (SSSR count). The van der Waals surface area contributed by atoms with E-state index in [9.17, 15) is 4.79 Å². The summed E-state index contributed by atoms with van der Waals surface area (Å²) in [6, 6.07) is 7.67. The van der Waals surface area contributed by atoms with Crippen LogP contribution < -0.4 is 10.1 Å². The summed E-state index contributed by atoms with van der Waals surface area (Å²) < 4.78 is 10.5. The number of cyclic esters (lactones) is 1. The minimum Gasteiger partial charge on any atom is -0.492 e. The lowest BCUT2D eigenvalue weighted by Gasteiger charge is -2.13. The molecule has 0 radical (unpaired) electrons. The number of esters is 1. The Labute approximate surface area is 107 Å². The van der Waals surface area contributed by atoms with Crippen molar-refractivity contribution in [3.8, 4) is 5.75 Å². The normalized spacial score (nSPS) is 17.3. The van der Waals surface area contributed by atoms with E-state index < -0.39 is 0 Å². The van der Waals surface area contributed by atoms with Crippen molar-refractivity contribution in [2.45, 2.75) is 20.3 Å². The number of anilines is 1. The quantitative estimate of drug-likeness (QED) is 0.656. The summed E-state index contributed by atoms with van der Waals surface area (Å²) in [4.78, 5) is 11.5. The highest BCUT2D eigenvalue weighted by atomic mass is 16.5. The molecule has 0 saturated carbocycles. The minimum absolute atomic E-state index is 0.228. The predicted octanol–water partition coefficient (Wildman–Crippen LogP) is 2.72. The monoisotopic (exact) mass is 247 g/mol. The highest BCUT2D eigenvalue weighted by Gasteiger charge is 2.21. The lowest BCUT2D eigenvalue weighted by atomic mass is 10.1. The van der Waals surface area contributed by atoms with E-state index in [-0.39, 0.29) is 5.97 Å². The molecule has 4 nitrogen and oxygen atoms in total. The summed E-state index contributed by atoms with van der Waals surface area (Å²) in [6.45, 7) is 4.90. The third-order valence-electron chi connectivity index (χ3n) is 2.79. The molecule has 1 aliphatic rings. The molecule has 0 unspecified atom stereocenters. The average Bonchev–Trinajstić information content (AvgIpc) is 2.78. The van der Waals surface area contributed by atoms with Crippen LogP contribution in [0.4, 0.5) is 5.69 Å². The Balaban J connectivity index is 2.21. The predicted molar refractivity (Wildman–Crippen MR) is 69.5 cm³/mol. The van der Waals surface area contributed by atoms with E-state index in [4.69, 9.17) is 9.47 Å². The molecule has 0 bridgehead atoms. The Bertz CT molecular complexity index is 480. The number of hydrogen-bond acceptors (Lipinski definition) is 4. The van der Waals surface area contributed by atoms with Crippen LogP contribution in [0.2, 0.25) is 0 Å². The lowest BCUT2D eigenvalue weighted by Crippen LogP contribution is -2.06. The van der Waals surface area contributed by atoms with Crippen molar-refractivity contribution in [2.24, 2.45) is 0 Å². The van der Waals surface area contributed by atoms with Gasteiger partial charge in [-0.2, -0.15) is 0 Å². The van der Waals surface area contributed by atoms with Crippen LogP contribution in [-0.4, -0.2) is 19.2 Å². The fourth-order valence-corrected chi connectivity index (χ4v) is 1.90. The molecule has 1 saturated heterocycles. The molecule has 1 aliphatic heterocycles. The number of carbonyl (C=O) groups excluding carboxylic acids is 1. The van der Waals surface area contributed by atoms with Gasteiger partial charge in [-0.25, -0.2) is 4.79 Å². The number of nitrogens with one attached hydrogen (secondary N) is 1. The van der Waals surface area contributed by atoms with Gasteiger partial charge in [0.2, 0.25) is 0 Å². The maximum Gasteiger partial charge on any atom is 0.335 e. The van der Waals surface area contributed by atoms with Gasteiger partial charge < -0.3 is 14.8 Å². The first-order valence-corrected chi connectivity index (χ1v) is 6.08. The van der Waals surface area contributed by atoms with E-state index in [1.165, 1.54) is 0 Å². The molecule has 18 heavy (non-hydrogen) atoms. The van der Waals surface area contributed by atoms with Gasteiger partial charge in [0.05, 0.1) is 24.5 Å². The first-order chi connectivity index (χ1) is 8.72. The molecule has 4 heteroatoms. The van der Waals surface area contributed by atoms with E-state index in [0.717, 1.165) is 17.1 Å². The minimum atomic E-state index is -0.228. The van der Waals surface area contributed by atoms with Crippen LogP contribution in [0, 0.1) is 0 Å². The van der Waals surface area contributed by atoms with Crippen LogP contribution in [0.15, 0.2) is 35.5 Å². The molecule has 0 aliphatic carbocycles. The van der Waals surface area contributed by atoms with Crippen molar-refractivity contribution < 1.29 is 14.3 Å². The van der Waals surface area contributed by atoms with Crippen LogP contribution in [0.25, 0.3) is 0 Å². The molecular formula is C14H17NO3. The summed E-state index contributed by atoms with van der Waals surface area (Å²) in [7, 11) is 0. The highest BCUT2D eigenvalue weighted by molar-refractivity contribution is 5.91. The topological polar surface area (TPSA) is 47.6 Å². The van der Waals surface area contributed by atoms with Gasteiger partial charge in [-0.1, -0.05) is 12.1 Å². The molecule has 96 valence electrons. The van der Waals surface area contributed by atoms with E-state index >= 15 is 0 Å². The largest absolute Gasteiger partial charge is 0.492 e. The van der Waals surface area contributed by atoms with Crippen molar-refractivity contribution in [1.82, 2.24) is 0 Å². The second-order valence-corrected chi connectivity index (χ2v) is 4.04. The number of benzene rings is 1. The Hall–Kier alpha value is -1.97. The zero-order chi connectivity index (χ0) is 13.0. The Morgan fingerprint density at radius 2 is 2.22 bits per heavy atom. The van der Waals surface area contributed by atoms with Gasteiger partial charge in [0.25, 0.3) is 0 Å². The highest BCUT2D eigenvalue weighted by Crippen LogP contribution is 2.27. The van der Waals surface area contributed by atoms with Gasteiger partial charge in [-0.05, 0) is 26.0 Å². The van der Waals surface area contributed by atoms with Crippen molar-refractivity contribution in [3.05, 3.63) is 35.5 Å². The summed E-state index contributed by atoms with van der Waals surface area (Å²) in [5.74, 6) is 0.556. The molecule has 1 aromatic carbocycles. The van der Waals surface area contributed by atoms with Crippen LogP contribution >= 0.6 is 0 Å². The smallest absolute Gasteiger partial charge is 0.335 e.